The summed E-state index contributed by atoms with van der Waals surface area (Å²) in [6.45, 7) is 0. The van der Waals surface area contributed by atoms with Crippen LogP contribution in [0.5, 0.6) is 0 Å². The fourth-order valence-electron chi connectivity index (χ4n) is 1.86. The normalized spacial score (nSPS) is 13.5. The van der Waals surface area contributed by atoms with Crippen LogP contribution in [-0.2, 0) is 12.6 Å². The highest BCUT2D eigenvalue weighted by Crippen LogP contribution is 2.30. The van der Waals surface area contributed by atoms with Gasteiger partial charge in [-0.2, -0.15) is 24.5 Å². The van der Waals surface area contributed by atoms with Crippen molar-refractivity contribution in [2.75, 3.05) is 0 Å². The van der Waals surface area contributed by atoms with Crippen LogP contribution in [0.25, 0.3) is 0 Å². The average molecular weight is 286 g/mol. The van der Waals surface area contributed by atoms with Crippen LogP contribution < -0.4 is 11.3 Å². The molecule has 1 atom stereocenters. The van der Waals surface area contributed by atoms with Crippen LogP contribution in [0.4, 0.5) is 13.2 Å². The van der Waals surface area contributed by atoms with E-state index in [9.17, 15) is 13.2 Å². The third kappa shape index (κ3) is 3.56. The molecule has 0 saturated heterocycles. The Balaban J connectivity index is 2.19. The van der Waals surface area contributed by atoms with Crippen LogP contribution in [0.3, 0.4) is 0 Å². The zero-order valence-corrected chi connectivity index (χ0v) is 10.8. The Morgan fingerprint density at radius 2 is 2.05 bits per heavy atom. The van der Waals surface area contributed by atoms with Crippen LogP contribution in [0.1, 0.15) is 22.7 Å². The third-order valence-electron chi connectivity index (χ3n) is 2.84. The molecule has 1 aromatic carbocycles. The Morgan fingerprint density at radius 3 is 2.63 bits per heavy atom. The second kappa shape index (κ2) is 5.73. The fraction of sp³-hybridized carbons (Fsp3) is 0.231. The maximum atomic E-state index is 12.6. The van der Waals surface area contributed by atoms with Crippen molar-refractivity contribution in [3.8, 4) is 0 Å². The smallest absolute Gasteiger partial charge is 0.271 e. The number of alkyl halides is 3. The zero-order valence-electron chi connectivity index (χ0n) is 9.95. The van der Waals surface area contributed by atoms with E-state index in [0.717, 1.165) is 17.7 Å². The second-order valence-corrected chi connectivity index (χ2v) is 4.96. The molecule has 0 aliphatic carbocycles. The molecule has 0 amide bonds. The van der Waals surface area contributed by atoms with Gasteiger partial charge in [0.15, 0.2) is 0 Å². The molecule has 1 unspecified atom stereocenters. The molecule has 0 radical (unpaired) electrons. The molecule has 0 saturated carbocycles. The standard InChI is InChI=1S/C13H13F3N2S/c14-13(15,16)11-3-1-2-9(6-11)7-12(18-17)10-4-5-19-8-10/h1-6,8,12,18H,7,17H2. The lowest BCUT2D eigenvalue weighted by atomic mass is 10.00. The quantitative estimate of drug-likeness (QED) is 0.666. The van der Waals surface area contributed by atoms with Gasteiger partial charge >= 0.3 is 6.18 Å². The number of hydrogen-bond acceptors (Lipinski definition) is 3. The molecule has 0 fully saturated rings. The summed E-state index contributed by atoms with van der Waals surface area (Å²) in [5, 5.41) is 3.84. The van der Waals surface area contributed by atoms with Gasteiger partial charge in [0.05, 0.1) is 11.6 Å². The van der Waals surface area contributed by atoms with Gasteiger partial charge in [-0.25, -0.2) is 0 Å². The summed E-state index contributed by atoms with van der Waals surface area (Å²) >= 11 is 1.53. The molecular formula is C13H13F3N2S. The molecule has 19 heavy (non-hydrogen) atoms. The molecule has 102 valence electrons. The van der Waals surface area contributed by atoms with Crippen molar-refractivity contribution in [1.82, 2.24) is 5.43 Å². The van der Waals surface area contributed by atoms with Crippen molar-refractivity contribution in [2.45, 2.75) is 18.6 Å². The van der Waals surface area contributed by atoms with Gasteiger partial charge in [-0.3, -0.25) is 11.3 Å². The highest BCUT2D eigenvalue weighted by atomic mass is 32.1. The van der Waals surface area contributed by atoms with Gasteiger partial charge in [-0.1, -0.05) is 18.2 Å². The van der Waals surface area contributed by atoms with E-state index in [0.29, 0.717) is 12.0 Å². The number of hydrazine groups is 1. The summed E-state index contributed by atoms with van der Waals surface area (Å²) in [7, 11) is 0. The molecule has 0 aliphatic heterocycles. The van der Waals surface area contributed by atoms with E-state index in [1.807, 2.05) is 16.8 Å². The number of nitrogens with one attached hydrogen (secondary N) is 1. The van der Waals surface area contributed by atoms with E-state index in [1.54, 1.807) is 6.07 Å². The summed E-state index contributed by atoms with van der Waals surface area (Å²) in [5.74, 6) is 5.47. The van der Waals surface area contributed by atoms with Gasteiger partial charge in [-0.15, -0.1) is 0 Å². The predicted octanol–water partition coefficient (Wildman–Crippen LogP) is 3.51. The molecule has 2 aromatic rings. The maximum Gasteiger partial charge on any atom is 0.416 e. The Kier molecular flexibility index (Phi) is 4.24. The highest BCUT2D eigenvalue weighted by Gasteiger charge is 2.30. The minimum atomic E-state index is -4.32. The number of hydrogen-bond donors (Lipinski definition) is 2. The van der Waals surface area contributed by atoms with E-state index in [2.05, 4.69) is 5.43 Å². The van der Waals surface area contributed by atoms with Gasteiger partial charge in [0, 0.05) is 0 Å². The molecule has 3 N–H and O–H groups in total. The summed E-state index contributed by atoms with van der Waals surface area (Å²) in [5.41, 5.74) is 3.58. The van der Waals surface area contributed by atoms with Crippen LogP contribution in [-0.4, -0.2) is 0 Å². The Bertz CT molecular complexity index is 523. The van der Waals surface area contributed by atoms with E-state index in [4.69, 9.17) is 5.84 Å². The molecule has 2 rings (SSSR count). The maximum absolute atomic E-state index is 12.6. The molecular weight excluding hydrogens is 273 g/mol. The minimum Gasteiger partial charge on any atom is -0.271 e. The van der Waals surface area contributed by atoms with Crippen molar-refractivity contribution in [3.63, 3.8) is 0 Å². The van der Waals surface area contributed by atoms with Crippen molar-refractivity contribution in [3.05, 3.63) is 57.8 Å². The molecule has 0 bridgehead atoms. The first-order chi connectivity index (χ1) is 9.00. The average Bonchev–Trinajstić information content (AvgIpc) is 2.89. The lowest BCUT2D eigenvalue weighted by molar-refractivity contribution is -0.137. The van der Waals surface area contributed by atoms with Gasteiger partial charge in [0.25, 0.3) is 0 Å². The number of thiophene rings is 1. The van der Waals surface area contributed by atoms with Crippen molar-refractivity contribution < 1.29 is 13.2 Å². The molecule has 1 heterocycles. The van der Waals surface area contributed by atoms with Crippen LogP contribution in [0, 0.1) is 0 Å². The largest absolute Gasteiger partial charge is 0.416 e. The van der Waals surface area contributed by atoms with Gasteiger partial charge in [0.1, 0.15) is 0 Å². The monoisotopic (exact) mass is 286 g/mol. The molecule has 1 aromatic heterocycles. The van der Waals surface area contributed by atoms with Crippen molar-refractivity contribution in [1.29, 1.82) is 0 Å². The Labute approximate surface area is 113 Å². The van der Waals surface area contributed by atoms with Gasteiger partial charge < -0.3 is 0 Å². The molecule has 0 spiro atoms. The first-order valence-corrected chi connectivity index (χ1v) is 6.59. The number of nitrogens with two attached hydrogens (primary N) is 1. The number of rotatable bonds is 4. The lowest BCUT2D eigenvalue weighted by Gasteiger charge is -2.15. The highest BCUT2D eigenvalue weighted by molar-refractivity contribution is 7.07. The first kappa shape index (κ1) is 14.0. The van der Waals surface area contributed by atoms with Crippen LogP contribution >= 0.6 is 11.3 Å². The summed E-state index contributed by atoms with van der Waals surface area (Å²) in [6, 6.07) is 7.04. The Hall–Kier alpha value is -1.37. The minimum absolute atomic E-state index is 0.185. The van der Waals surface area contributed by atoms with Gasteiger partial charge in [-0.05, 0) is 40.4 Å². The predicted molar refractivity (Wildman–Crippen MR) is 69.5 cm³/mol. The van der Waals surface area contributed by atoms with Crippen molar-refractivity contribution >= 4 is 11.3 Å². The first-order valence-electron chi connectivity index (χ1n) is 5.65. The Morgan fingerprint density at radius 1 is 1.26 bits per heavy atom. The SMILES string of the molecule is NNC(Cc1cccc(C(F)(F)F)c1)c1ccsc1. The second-order valence-electron chi connectivity index (χ2n) is 4.18. The van der Waals surface area contributed by atoms with E-state index in [1.165, 1.54) is 17.4 Å². The molecule has 0 aliphatic rings. The van der Waals surface area contributed by atoms with E-state index in [-0.39, 0.29) is 6.04 Å². The van der Waals surface area contributed by atoms with Gasteiger partial charge in [0.2, 0.25) is 0 Å². The van der Waals surface area contributed by atoms with E-state index < -0.39 is 11.7 Å². The zero-order chi connectivity index (χ0) is 13.9. The topological polar surface area (TPSA) is 38.0 Å². The third-order valence-corrected chi connectivity index (χ3v) is 3.54. The fourth-order valence-corrected chi connectivity index (χ4v) is 2.57. The summed E-state index contributed by atoms with van der Waals surface area (Å²) in [4.78, 5) is 0. The molecule has 6 heteroatoms. The summed E-state index contributed by atoms with van der Waals surface area (Å²) < 4.78 is 37.9. The van der Waals surface area contributed by atoms with Crippen LogP contribution in [0.15, 0.2) is 41.1 Å². The number of halogens is 3. The number of benzene rings is 1. The summed E-state index contributed by atoms with van der Waals surface area (Å²) in [6.07, 6.45) is -3.90. The van der Waals surface area contributed by atoms with Crippen LogP contribution in [0.2, 0.25) is 0 Å². The lowest BCUT2D eigenvalue weighted by Crippen LogP contribution is -2.29. The van der Waals surface area contributed by atoms with E-state index >= 15 is 0 Å². The molecule has 2 nitrogen and oxygen atoms in total. The van der Waals surface area contributed by atoms with Crippen molar-refractivity contribution in [2.24, 2.45) is 5.84 Å².